The van der Waals surface area contributed by atoms with Gasteiger partial charge in [0.1, 0.15) is 5.75 Å². The second kappa shape index (κ2) is 12.0. The highest BCUT2D eigenvalue weighted by atomic mass is 19.4. The molecule has 1 aliphatic heterocycles. The van der Waals surface area contributed by atoms with Gasteiger partial charge in [-0.3, -0.25) is 14.5 Å². The molecule has 9 heteroatoms. The molecule has 0 radical (unpaired) electrons. The monoisotopic (exact) mass is 556 g/mol. The lowest BCUT2D eigenvalue weighted by Crippen LogP contribution is -2.67. The van der Waals surface area contributed by atoms with Gasteiger partial charge in [0, 0.05) is 44.7 Å². The number of alkyl halides is 3. The van der Waals surface area contributed by atoms with Crippen molar-refractivity contribution < 1.29 is 32.2 Å². The van der Waals surface area contributed by atoms with Gasteiger partial charge in [0.25, 0.3) is 0 Å². The van der Waals surface area contributed by atoms with Crippen LogP contribution in [0.25, 0.3) is 6.08 Å². The van der Waals surface area contributed by atoms with Gasteiger partial charge in [-0.25, -0.2) is 0 Å². The van der Waals surface area contributed by atoms with Crippen LogP contribution in [-0.2, 0) is 25.9 Å². The molecule has 40 heavy (non-hydrogen) atoms. The second-order valence-corrected chi connectivity index (χ2v) is 10.6. The smallest absolute Gasteiger partial charge is 0.416 e. The van der Waals surface area contributed by atoms with Crippen molar-refractivity contribution in [2.45, 2.75) is 55.8 Å². The third kappa shape index (κ3) is 6.31. The Bertz CT molecular complexity index is 1280. The van der Waals surface area contributed by atoms with Crippen molar-refractivity contribution in [1.29, 1.82) is 0 Å². The molecule has 1 N–H and O–H groups in total. The molecular formula is C31H35F3N2O4. The van der Waals surface area contributed by atoms with Crippen LogP contribution in [0.1, 0.15) is 49.3 Å². The number of halogens is 3. The number of benzene rings is 2. The number of methoxy groups -OCH3 is 1. The molecule has 0 bridgehead atoms. The molecule has 3 atom stereocenters. The van der Waals surface area contributed by atoms with Crippen molar-refractivity contribution in [3.63, 3.8) is 0 Å². The van der Waals surface area contributed by atoms with E-state index in [-0.39, 0.29) is 11.9 Å². The minimum absolute atomic E-state index is 0.190. The third-order valence-electron chi connectivity index (χ3n) is 8.11. The highest BCUT2D eigenvalue weighted by Crippen LogP contribution is 2.53. The van der Waals surface area contributed by atoms with Gasteiger partial charge in [-0.1, -0.05) is 30.3 Å². The number of carbonyl (C=O) groups is 2. The Labute approximate surface area is 232 Å². The lowest BCUT2D eigenvalue weighted by atomic mass is 9.55. The number of ether oxygens (including phenoxy) is 2. The van der Waals surface area contributed by atoms with Crippen LogP contribution in [0.4, 0.5) is 13.2 Å². The third-order valence-corrected chi connectivity index (χ3v) is 8.11. The lowest BCUT2D eigenvalue weighted by molar-refractivity contribution is -0.149. The fourth-order valence-electron chi connectivity index (χ4n) is 6.32. The van der Waals surface area contributed by atoms with E-state index < -0.39 is 28.7 Å². The largest absolute Gasteiger partial charge is 0.427 e. The molecule has 2 fully saturated rings. The fourth-order valence-corrected chi connectivity index (χ4v) is 6.32. The Morgan fingerprint density at radius 3 is 2.65 bits per heavy atom. The zero-order valence-corrected chi connectivity index (χ0v) is 22.8. The molecule has 1 amide bonds. The number of rotatable bonds is 8. The normalized spacial score (nSPS) is 25.3. The fraction of sp³-hybridized carbons (Fsp3) is 0.419. The summed E-state index contributed by atoms with van der Waals surface area (Å²) in [4.78, 5) is 26.9. The molecule has 3 unspecified atom stereocenters. The van der Waals surface area contributed by atoms with Crippen LogP contribution < -0.4 is 10.1 Å². The van der Waals surface area contributed by atoms with Crippen molar-refractivity contribution >= 4 is 18.0 Å². The molecule has 1 saturated carbocycles. The molecule has 1 heterocycles. The van der Waals surface area contributed by atoms with Crippen LogP contribution in [0.5, 0.6) is 5.75 Å². The molecule has 4 rings (SSSR count). The minimum atomic E-state index is -4.45. The van der Waals surface area contributed by atoms with E-state index in [9.17, 15) is 22.8 Å². The molecule has 6 nitrogen and oxygen atoms in total. The quantitative estimate of drug-likeness (QED) is 0.201. The van der Waals surface area contributed by atoms with E-state index in [1.54, 1.807) is 13.2 Å². The van der Waals surface area contributed by atoms with Crippen LogP contribution >= 0.6 is 0 Å². The Morgan fingerprint density at radius 2 is 1.95 bits per heavy atom. The zero-order chi connectivity index (χ0) is 29.0. The van der Waals surface area contributed by atoms with Gasteiger partial charge in [-0.2, -0.15) is 13.2 Å². The number of hydrogen-bond donors (Lipinski definition) is 1. The predicted octanol–water partition coefficient (Wildman–Crippen LogP) is 5.53. The number of hydrogen-bond acceptors (Lipinski definition) is 5. The molecule has 1 aliphatic carbocycles. The first kappa shape index (κ1) is 29.6. The van der Waals surface area contributed by atoms with Gasteiger partial charge in [0.2, 0.25) is 5.91 Å². The van der Waals surface area contributed by atoms with E-state index in [4.69, 9.17) is 9.47 Å². The summed E-state index contributed by atoms with van der Waals surface area (Å²) in [5, 5.41) is 3.07. The first-order chi connectivity index (χ1) is 19.0. The van der Waals surface area contributed by atoms with Gasteiger partial charge in [-0.15, -0.1) is 6.58 Å². The van der Waals surface area contributed by atoms with Crippen molar-refractivity contribution in [3.05, 3.63) is 84.0 Å². The number of amides is 1. The average Bonchev–Trinajstić information content (AvgIpc) is 2.91. The van der Waals surface area contributed by atoms with Crippen LogP contribution in [0, 0.1) is 0 Å². The molecule has 2 aliphatic rings. The van der Waals surface area contributed by atoms with Gasteiger partial charge >= 0.3 is 12.1 Å². The van der Waals surface area contributed by atoms with Crippen molar-refractivity contribution in [1.82, 2.24) is 10.2 Å². The molecular weight excluding hydrogens is 521 g/mol. The number of esters is 1. The van der Waals surface area contributed by atoms with Crippen molar-refractivity contribution in [3.8, 4) is 5.75 Å². The number of nitrogens with one attached hydrogen (secondary N) is 1. The van der Waals surface area contributed by atoms with Crippen LogP contribution in [0.3, 0.4) is 0 Å². The molecule has 0 spiro atoms. The summed E-state index contributed by atoms with van der Waals surface area (Å²) >= 11 is 0. The Hall–Kier alpha value is -3.43. The number of likely N-dealkylation sites (tertiary alicyclic amines) is 1. The highest BCUT2D eigenvalue weighted by Gasteiger charge is 2.58. The van der Waals surface area contributed by atoms with Crippen molar-refractivity contribution in [2.75, 3.05) is 26.7 Å². The van der Waals surface area contributed by atoms with E-state index in [2.05, 4.69) is 16.8 Å². The van der Waals surface area contributed by atoms with E-state index in [0.29, 0.717) is 37.1 Å². The summed E-state index contributed by atoms with van der Waals surface area (Å²) in [5.74, 6) is -0.330. The van der Waals surface area contributed by atoms with Crippen molar-refractivity contribution in [2.24, 2.45) is 0 Å². The van der Waals surface area contributed by atoms with Gasteiger partial charge < -0.3 is 14.8 Å². The number of fused-ring (bicyclic) bond motifs is 1. The summed E-state index contributed by atoms with van der Waals surface area (Å²) in [6.45, 7) is 7.45. The summed E-state index contributed by atoms with van der Waals surface area (Å²) in [6.07, 6.45) is 2.78. The SMILES string of the molecule is C=CCN1CCC2(c3cccc(OC(C)=O)c3)CC(NC(=O)/C=C/c3cccc(C(F)(F)F)c3)CCC2(OC)C1. The molecule has 1 saturated heterocycles. The average molecular weight is 557 g/mol. The summed E-state index contributed by atoms with van der Waals surface area (Å²) in [6, 6.07) is 12.2. The van der Waals surface area contributed by atoms with Gasteiger partial charge in [0.05, 0.1) is 11.2 Å². The van der Waals surface area contributed by atoms with E-state index >= 15 is 0 Å². The maximum atomic E-state index is 13.1. The zero-order valence-electron chi connectivity index (χ0n) is 22.8. The van der Waals surface area contributed by atoms with E-state index in [0.717, 1.165) is 37.2 Å². The highest BCUT2D eigenvalue weighted by molar-refractivity contribution is 5.92. The Morgan fingerprint density at radius 1 is 1.18 bits per heavy atom. The number of nitrogens with zero attached hydrogens (tertiary/aromatic N) is 1. The topological polar surface area (TPSA) is 67.9 Å². The Balaban J connectivity index is 1.59. The van der Waals surface area contributed by atoms with E-state index in [1.165, 1.54) is 31.2 Å². The maximum absolute atomic E-state index is 13.1. The van der Waals surface area contributed by atoms with Crippen LogP contribution in [-0.4, -0.2) is 55.2 Å². The Kier molecular flexibility index (Phi) is 8.85. The predicted molar refractivity (Wildman–Crippen MR) is 147 cm³/mol. The first-order valence-electron chi connectivity index (χ1n) is 13.3. The van der Waals surface area contributed by atoms with Gasteiger partial charge in [0.15, 0.2) is 0 Å². The maximum Gasteiger partial charge on any atom is 0.416 e. The summed E-state index contributed by atoms with van der Waals surface area (Å²) < 4.78 is 50.9. The number of piperidine rings is 1. The van der Waals surface area contributed by atoms with Crippen LogP contribution in [0.15, 0.2) is 67.3 Å². The minimum Gasteiger partial charge on any atom is -0.427 e. The molecule has 214 valence electrons. The lowest BCUT2D eigenvalue weighted by Gasteiger charge is -2.59. The summed E-state index contributed by atoms with van der Waals surface area (Å²) in [5.41, 5.74) is -0.515. The first-order valence-corrected chi connectivity index (χ1v) is 13.3. The molecule has 2 aromatic rings. The molecule has 0 aromatic heterocycles. The second-order valence-electron chi connectivity index (χ2n) is 10.6. The van der Waals surface area contributed by atoms with Crippen LogP contribution in [0.2, 0.25) is 0 Å². The summed E-state index contributed by atoms with van der Waals surface area (Å²) in [7, 11) is 1.72. The number of carbonyl (C=O) groups excluding carboxylic acids is 2. The molecule has 2 aromatic carbocycles. The van der Waals surface area contributed by atoms with E-state index in [1.807, 2.05) is 24.3 Å². The standard InChI is InChI=1S/C31H35F3N2O4/c1-4-16-36-17-15-29(24-8-6-10-27(19-24)40-22(2)37)20-26(13-14-30(29,21-36)39-3)35-28(38)12-11-23-7-5-9-25(18-23)31(32,33)34/h4-12,18-19,26H,1,13-17,20-21H2,2-3H3,(H,35,38)/b12-11+. The van der Waals surface area contributed by atoms with Gasteiger partial charge in [-0.05, 0) is 73.7 Å².